The summed E-state index contributed by atoms with van der Waals surface area (Å²) in [4.78, 5) is 21.7. The molecule has 1 aliphatic rings. The number of rotatable bonds is 4. The smallest absolute Gasteiger partial charge is 0.292 e. The van der Waals surface area contributed by atoms with Crippen LogP contribution in [0.25, 0.3) is 0 Å². The van der Waals surface area contributed by atoms with Crippen LogP contribution in [0, 0.1) is 10.1 Å². The summed E-state index contributed by atoms with van der Waals surface area (Å²) in [6.07, 6.45) is 0.182. The van der Waals surface area contributed by atoms with Gasteiger partial charge in [-0.05, 0) is 11.6 Å². The molecule has 1 aromatic rings. The quantitative estimate of drug-likeness (QED) is 0.660. The first kappa shape index (κ1) is 12.6. The molecule has 1 heterocycles. The molecule has 0 radical (unpaired) electrons. The molecular weight excluding hydrogens is 302 g/mol. The molecule has 2 rings (SSSR count). The van der Waals surface area contributed by atoms with E-state index >= 15 is 0 Å². The highest BCUT2D eigenvalue weighted by atomic mass is 79.9. The van der Waals surface area contributed by atoms with E-state index in [1.165, 1.54) is 6.07 Å². The number of carbonyl (C=O) groups excluding carboxylic acids is 1. The van der Waals surface area contributed by atoms with Crippen molar-refractivity contribution in [3.63, 3.8) is 0 Å². The average molecular weight is 312 g/mol. The Morgan fingerprint density at radius 1 is 1.61 bits per heavy atom. The molecule has 0 unspecified atom stereocenters. The van der Waals surface area contributed by atoms with E-state index in [1.54, 1.807) is 6.07 Å². The summed E-state index contributed by atoms with van der Waals surface area (Å²) in [5.74, 6) is -0.152. The van der Waals surface area contributed by atoms with Crippen LogP contribution in [-0.4, -0.2) is 17.4 Å². The number of hydrogen-bond donors (Lipinski definition) is 2. The number of halogens is 1. The number of nitro benzene ring substituents is 1. The molecule has 18 heavy (non-hydrogen) atoms. The van der Waals surface area contributed by atoms with Gasteiger partial charge in [-0.25, -0.2) is 0 Å². The summed E-state index contributed by atoms with van der Waals surface area (Å²) in [5, 5.41) is 16.5. The van der Waals surface area contributed by atoms with E-state index in [2.05, 4.69) is 33.1 Å². The zero-order chi connectivity index (χ0) is 13.3. The van der Waals surface area contributed by atoms with Gasteiger partial charge < -0.3 is 10.6 Å². The van der Waals surface area contributed by atoms with Gasteiger partial charge in [-0.2, -0.15) is 0 Å². The van der Waals surface area contributed by atoms with Crippen molar-refractivity contribution in [3.8, 4) is 0 Å². The number of benzene rings is 1. The maximum absolute atomic E-state index is 11.2. The van der Waals surface area contributed by atoms with Crippen LogP contribution in [-0.2, 0) is 11.2 Å². The Morgan fingerprint density at radius 2 is 2.33 bits per heavy atom. The molecule has 1 amide bonds. The Morgan fingerprint density at radius 3 is 2.94 bits per heavy atom. The SMILES string of the molecule is C=C(Br)CNc1cc2c(cc1[N+](=O)[O-])CC(=O)N2. The lowest BCUT2D eigenvalue weighted by molar-refractivity contribution is -0.384. The molecule has 94 valence electrons. The molecule has 0 bridgehead atoms. The third kappa shape index (κ3) is 2.51. The summed E-state index contributed by atoms with van der Waals surface area (Å²) in [6.45, 7) is 4.01. The van der Waals surface area contributed by atoms with Gasteiger partial charge in [0.15, 0.2) is 0 Å². The summed E-state index contributed by atoms with van der Waals surface area (Å²) in [6, 6.07) is 3.00. The number of carbonyl (C=O) groups is 1. The third-order valence-corrected chi connectivity index (χ3v) is 2.79. The van der Waals surface area contributed by atoms with E-state index in [-0.39, 0.29) is 18.0 Å². The number of nitrogens with zero attached hydrogens (tertiary/aromatic N) is 1. The van der Waals surface area contributed by atoms with Gasteiger partial charge in [-0.1, -0.05) is 22.5 Å². The minimum atomic E-state index is -0.470. The lowest BCUT2D eigenvalue weighted by atomic mass is 10.1. The van der Waals surface area contributed by atoms with Gasteiger partial charge in [0.05, 0.1) is 11.3 Å². The Hall–Kier alpha value is -1.89. The van der Waals surface area contributed by atoms with Crippen LogP contribution < -0.4 is 10.6 Å². The molecule has 1 aromatic carbocycles. The summed E-state index contributed by atoms with van der Waals surface area (Å²) in [7, 11) is 0. The van der Waals surface area contributed by atoms with Crippen molar-refractivity contribution >= 4 is 38.9 Å². The maximum atomic E-state index is 11.2. The van der Waals surface area contributed by atoms with Crippen LogP contribution in [0.2, 0.25) is 0 Å². The molecule has 2 N–H and O–H groups in total. The van der Waals surface area contributed by atoms with E-state index in [0.29, 0.717) is 28.0 Å². The van der Waals surface area contributed by atoms with Gasteiger partial charge in [0.1, 0.15) is 5.69 Å². The van der Waals surface area contributed by atoms with Crippen molar-refractivity contribution in [1.29, 1.82) is 0 Å². The van der Waals surface area contributed by atoms with Gasteiger partial charge in [0.25, 0.3) is 5.69 Å². The molecule has 0 atom stereocenters. The van der Waals surface area contributed by atoms with E-state index < -0.39 is 4.92 Å². The van der Waals surface area contributed by atoms with Crippen molar-refractivity contribution in [2.75, 3.05) is 17.2 Å². The standard InChI is InChI=1S/C11H10BrN3O3/c1-6(12)5-13-9-4-8-7(3-11(16)14-8)2-10(9)15(17)18/h2,4,13H,1,3,5H2,(H,14,16). The normalized spacial score (nSPS) is 12.8. The largest absolute Gasteiger partial charge is 0.375 e. The van der Waals surface area contributed by atoms with E-state index in [1.807, 2.05) is 0 Å². The van der Waals surface area contributed by atoms with Crippen molar-refractivity contribution in [2.24, 2.45) is 0 Å². The molecule has 0 saturated heterocycles. The fourth-order valence-corrected chi connectivity index (χ4v) is 1.89. The van der Waals surface area contributed by atoms with Crippen molar-refractivity contribution < 1.29 is 9.72 Å². The predicted octanol–water partition coefficient (Wildman–Crippen LogP) is 2.41. The van der Waals surface area contributed by atoms with Gasteiger partial charge in [0.2, 0.25) is 5.91 Å². The molecule has 0 fully saturated rings. The Balaban J connectivity index is 2.38. The van der Waals surface area contributed by atoms with Crippen LogP contribution in [0.15, 0.2) is 23.2 Å². The maximum Gasteiger partial charge on any atom is 0.292 e. The van der Waals surface area contributed by atoms with Gasteiger partial charge in [-0.15, -0.1) is 0 Å². The lowest BCUT2D eigenvalue weighted by Crippen LogP contribution is -2.05. The Kier molecular flexibility index (Phi) is 3.33. The second-order valence-corrected chi connectivity index (χ2v) is 5.00. The number of amides is 1. The predicted molar refractivity (Wildman–Crippen MR) is 72.0 cm³/mol. The summed E-state index contributed by atoms with van der Waals surface area (Å²) < 4.78 is 0.682. The Labute approximate surface area is 111 Å². The highest BCUT2D eigenvalue weighted by Gasteiger charge is 2.24. The monoisotopic (exact) mass is 311 g/mol. The first-order valence-corrected chi connectivity index (χ1v) is 5.95. The average Bonchev–Trinajstić information content (AvgIpc) is 2.63. The van der Waals surface area contributed by atoms with E-state index in [9.17, 15) is 14.9 Å². The first-order chi connectivity index (χ1) is 8.47. The first-order valence-electron chi connectivity index (χ1n) is 5.15. The van der Waals surface area contributed by atoms with Crippen LogP contribution in [0.5, 0.6) is 0 Å². The zero-order valence-electron chi connectivity index (χ0n) is 9.33. The highest BCUT2D eigenvalue weighted by molar-refractivity contribution is 9.11. The molecule has 6 nitrogen and oxygen atoms in total. The Bertz CT molecular complexity index is 557. The van der Waals surface area contributed by atoms with Crippen LogP contribution >= 0.6 is 15.9 Å². The number of anilines is 2. The molecule has 0 aromatic heterocycles. The van der Waals surface area contributed by atoms with Crippen LogP contribution in [0.3, 0.4) is 0 Å². The van der Waals surface area contributed by atoms with Crippen LogP contribution in [0.4, 0.5) is 17.1 Å². The summed E-state index contributed by atoms with van der Waals surface area (Å²) in [5.41, 5.74) is 1.59. The lowest BCUT2D eigenvalue weighted by Gasteiger charge is -2.08. The highest BCUT2D eigenvalue weighted by Crippen LogP contribution is 2.34. The minimum Gasteiger partial charge on any atom is -0.375 e. The topological polar surface area (TPSA) is 84.3 Å². The zero-order valence-corrected chi connectivity index (χ0v) is 10.9. The third-order valence-electron chi connectivity index (χ3n) is 2.51. The van der Waals surface area contributed by atoms with E-state index in [0.717, 1.165) is 0 Å². The second-order valence-electron chi connectivity index (χ2n) is 3.88. The number of nitrogens with one attached hydrogen (secondary N) is 2. The fourth-order valence-electron chi connectivity index (χ4n) is 1.75. The van der Waals surface area contributed by atoms with Gasteiger partial charge in [-0.3, -0.25) is 14.9 Å². The molecule has 0 spiro atoms. The minimum absolute atomic E-state index is 0.0426. The molecule has 1 aliphatic heterocycles. The van der Waals surface area contributed by atoms with Crippen molar-refractivity contribution in [2.45, 2.75) is 6.42 Å². The number of fused-ring (bicyclic) bond motifs is 1. The fraction of sp³-hybridized carbons (Fsp3) is 0.182. The molecule has 0 aliphatic carbocycles. The van der Waals surface area contributed by atoms with Crippen molar-refractivity contribution in [3.05, 3.63) is 38.9 Å². The van der Waals surface area contributed by atoms with Gasteiger partial charge >= 0.3 is 0 Å². The van der Waals surface area contributed by atoms with Crippen LogP contribution in [0.1, 0.15) is 5.56 Å². The molecule has 0 saturated carbocycles. The number of hydrogen-bond acceptors (Lipinski definition) is 4. The second kappa shape index (κ2) is 4.77. The van der Waals surface area contributed by atoms with Gasteiger partial charge in [0, 0.05) is 22.8 Å². The van der Waals surface area contributed by atoms with Crippen molar-refractivity contribution in [1.82, 2.24) is 0 Å². The molecule has 7 heteroatoms. The van der Waals surface area contributed by atoms with E-state index in [4.69, 9.17) is 0 Å². The number of nitro groups is 1. The molecular formula is C11H10BrN3O3. The summed E-state index contributed by atoms with van der Waals surface area (Å²) >= 11 is 3.17.